The molecular formula is C6H5N3S. The van der Waals surface area contributed by atoms with E-state index in [0.717, 1.165) is 11.2 Å². The molecule has 0 saturated carbocycles. The molecule has 10 heavy (non-hydrogen) atoms. The zero-order valence-electron chi connectivity index (χ0n) is 5.10. The highest BCUT2D eigenvalue weighted by molar-refractivity contribution is 7.78. The van der Waals surface area contributed by atoms with Gasteiger partial charge >= 0.3 is 0 Å². The highest BCUT2D eigenvalue weighted by atomic mass is 32.1. The molecule has 0 atom stereocenters. The first kappa shape index (κ1) is 5.73. The summed E-state index contributed by atoms with van der Waals surface area (Å²) in [5.41, 5.74) is 1.67. The predicted molar refractivity (Wildman–Crippen MR) is 41.9 cm³/mol. The standard InChI is InChI=1S/C6H5N3S/c10-9-4-8-6-5(9)2-1-3-7-6/h1-4,10H. The maximum absolute atomic E-state index is 4.12. The molecule has 50 valence electrons. The first-order valence-electron chi connectivity index (χ1n) is 2.85. The predicted octanol–water partition coefficient (Wildman–Crippen LogP) is 1.12. The highest BCUT2D eigenvalue weighted by Gasteiger charge is 1.96. The van der Waals surface area contributed by atoms with Gasteiger partial charge in [0.2, 0.25) is 0 Å². The molecule has 0 amide bonds. The van der Waals surface area contributed by atoms with Crippen molar-refractivity contribution in [2.24, 2.45) is 0 Å². The van der Waals surface area contributed by atoms with Gasteiger partial charge in [-0.3, -0.25) is 3.97 Å². The van der Waals surface area contributed by atoms with Crippen molar-refractivity contribution in [3.8, 4) is 0 Å². The van der Waals surface area contributed by atoms with Crippen LogP contribution >= 0.6 is 12.8 Å². The summed E-state index contributed by atoms with van der Waals surface area (Å²) >= 11 is 4.12. The van der Waals surface area contributed by atoms with E-state index in [1.165, 1.54) is 0 Å². The van der Waals surface area contributed by atoms with Crippen LogP contribution in [0.15, 0.2) is 24.7 Å². The Bertz CT molecular complexity index is 355. The van der Waals surface area contributed by atoms with E-state index in [2.05, 4.69) is 22.8 Å². The monoisotopic (exact) mass is 151 g/mol. The van der Waals surface area contributed by atoms with Gasteiger partial charge in [-0.1, -0.05) is 12.8 Å². The second kappa shape index (κ2) is 1.98. The Kier molecular flexibility index (Phi) is 1.14. The fraction of sp³-hybridized carbons (Fsp3) is 0. The van der Waals surface area contributed by atoms with Gasteiger partial charge in [-0.2, -0.15) is 0 Å². The van der Waals surface area contributed by atoms with Gasteiger partial charge in [0.25, 0.3) is 0 Å². The van der Waals surface area contributed by atoms with Crippen LogP contribution in [0.5, 0.6) is 0 Å². The van der Waals surface area contributed by atoms with E-state index < -0.39 is 0 Å². The third kappa shape index (κ3) is 0.690. The Morgan fingerprint density at radius 1 is 1.40 bits per heavy atom. The van der Waals surface area contributed by atoms with Crippen LogP contribution in [0.2, 0.25) is 0 Å². The lowest BCUT2D eigenvalue weighted by Crippen LogP contribution is -1.76. The molecule has 0 saturated heterocycles. The van der Waals surface area contributed by atoms with Crippen molar-refractivity contribution in [2.45, 2.75) is 0 Å². The Morgan fingerprint density at radius 2 is 2.30 bits per heavy atom. The molecule has 0 N–H and O–H groups in total. The molecule has 0 aliphatic heterocycles. The number of aromatic nitrogens is 3. The minimum absolute atomic E-state index is 0.734. The number of thiol groups is 1. The number of hydrogen-bond acceptors (Lipinski definition) is 3. The second-order valence-electron chi connectivity index (χ2n) is 1.94. The fourth-order valence-corrected chi connectivity index (χ4v) is 1.05. The molecular weight excluding hydrogens is 146 g/mol. The van der Waals surface area contributed by atoms with E-state index in [1.807, 2.05) is 12.1 Å². The molecule has 3 nitrogen and oxygen atoms in total. The summed E-state index contributed by atoms with van der Waals surface area (Å²) in [6.07, 6.45) is 3.34. The third-order valence-electron chi connectivity index (χ3n) is 1.30. The lowest BCUT2D eigenvalue weighted by molar-refractivity contribution is 1.27. The van der Waals surface area contributed by atoms with Crippen LogP contribution in [-0.2, 0) is 0 Å². The summed E-state index contributed by atoms with van der Waals surface area (Å²) in [5, 5.41) is 0. The Hall–Kier alpha value is -1.03. The van der Waals surface area contributed by atoms with Crippen molar-refractivity contribution in [2.75, 3.05) is 0 Å². The summed E-state index contributed by atoms with van der Waals surface area (Å²) < 4.78 is 1.64. The molecule has 0 spiro atoms. The van der Waals surface area contributed by atoms with Gasteiger partial charge in [0.1, 0.15) is 6.33 Å². The van der Waals surface area contributed by atoms with Crippen LogP contribution in [0.1, 0.15) is 0 Å². The summed E-state index contributed by atoms with van der Waals surface area (Å²) in [5.74, 6) is 0. The van der Waals surface area contributed by atoms with E-state index in [4.69, 9.17) is 0 Å². The lowest BCUT2D eigenvalue weighted by Gasteiger charge is -1.87. The Labute approximate surface area is 63.3 Å². The minimum atomic E-state index is 0.734. The van der Waals surface area contributed by atoms with E-state index in [0.29, 0.717) is 0 Å². The van der Waals surface area contributed by atoms with Gasteiger partial charge in [-0.15, -0.1) is 0 Å². The Morgan fingerprint density at radius 3 is 3.10 bits per heavy atom. The normalized spacial score (nSPS) is 10.5. The highest BCUT2D eigenvalue weighted by Crippen LogP contribution is 2.08. The summed E-state index contributed by atoms with van der Waals surface area (Å²) in [7, 11) is 0. The van der Waals surface area contributed by atoms with Gasteiger partial charge in [-0.25, -0.2) is 9.97 Å². The quantitative estimate of drug-likeness (QED) is 0.572. The van der Waals surface area contributed by atoms with Gasteiger partial charge in [0, 0.05) is 6.20 Å². The van der Waals surface area contributed by atoms with E-state index >= 15 is 0 Å². The van der Waals surface area contributed by atoms with Crippen LogP contribution in [-0.4, -0.2) is 13.9 Å². The van der Waals surface area contributed by atoms with Gasteiger partial charge in [0.05, 0.1) is 5.52 Å². The average molecular weight is 151 g/mol. The van der Waals surface area contributed by atoms with Gasteiger partial charge in [0.15, 0.2) is 5.65 Å². The first-order valence-corrected chi connectivity index (χ1v) is 3.25. The van der Waals surface area contributed by atoms with Gasteiger partial charge in [-0.05, 0) is 12.1 Å². The van der Waals surface area contributed by atoms with Crippen molar-refractivity contribution in [1.29, 1.82) is 0 Å². The van der Waals surface area contributed by atoms with Crippen LogP contribution < -0.4 is 0 Å². The van der Waals surface area contributed by atoms with Crippen molar-refractivity contribution in [1.82, 2.24) is 13.9 Å². The van der Waals surface area contributed by atoms with Crippen molar-refractivity contribution in [3.63, 3.8) is 0 Å². The SMILES string of the molecule is Sn1cnc2ncccc21. The largest absolute Gasteiger partial charge is 0.273 e. The van der Waals surface area contributed by atoms with Crippen molar-refractivity contribution < 1.29 is 0 Å². The minimum Gasteiger partial charge on any atom is -0.273 e. The van der Waals surface area contributed by atoms with Crippen molar-refractivity contribution >= 4 is 24.0 Å². The summed E-state index contributed by atoms with van der Waals surface area (Å²) in [6, 6.07) is 3.78. The maximum atomic E-state index is 4.12. The number of pyridine rings is 1. The lowest BCUT2D eigenvalue weighted by atomic mass is 10.4. The van der Waals surface area contributed by atoms with Crippen LogP contribution in [0.25, 0.3) is 11.2 Å². The molecule has 0 unspecified atom stereocenters. The zero-order valence-corrected chi connectivity index (χ0v) is 5.99. The van der Waals surface area contributed by atoms with Crippen molar-refractivity contribution in [3.05, 3.63) is 24.7 Å². The summed E-state index contributed by atoms with van der Waals surface area (Å²) in [4.78, 5) is 8.01. The first-order chi connectivity index (χ1) is 4.88. The number of nitrogens with zero attached hydrogens (tertiary/aromatic N) is 3. The molecule has 0 aliphatic carbocycles. The molecule has 4 heteroatoms. The number of hydrogen-bond donors (Lipinski definition) is 1. The molecule has 0 bridgehead atoms. The topological polar surface area (TPSA) is 30.7 Å². The molecule has 0 fully saturated rings. The summed E-state index contributed by atoms with van der Waals surface area (Å²) in [6.45, 7) is 0. The molecule has 2 rings (SSSR count). The van der Waals surface area contributed by atoms with Crippen LogP contribution in [0.3, 0.4) is 0 Å². The molecule has 0 radical (unpaired) electrons. The number of fused-ring (bicyclic) bond motifs is 1. The number of rotatable bonds is 0. The average Bonchev–Trinajstić information content (AvgIpc) is 2.34. The fourth-order valence-electron chi connectivity index (χ4n) is 0.838. The molecule has 2 aromatic rings. The van der Waals surface area contributed by atoms with E-state index in [9.17, 15) is 0 Å². The molecule has 2 heterocycles. The maximum Gasteiger partial charge on any atom is 0.178 e. The molecule has 2 aromatic heterocycles. The molecule has 0 aromatic carbocycles. The van der Waals surface area contributed by atoms with Crippen LogP contribution in [0, 0.1) is 0 Å². The molecule has 0 aliphatic rings. The second-order valence-corrected chi connectivity index (χ2v) is 2.37. The van der Waals surface area contributed by atoms with Crippen LogP contribution in [0.4, 0.5) is 0 Å². The zero-order chi connectivity index (χ0) is 6.97. The van der Waals surface area contributed by atoms with Gasteiger partial charge < -0.3 is 0 Å². The smallest absolute Gasteiger partial charge is 0.178 e. The number of imidazole rings is 1. The van der Waals surface area contributed by atoms with E-state index in [1.54, 1.807) is 16.5 Å². The third-order valence-corrected chi connectivity index (χ3v) is 1.62. The Balaban J connectivity index is 2.93. The van der Waals surface area contributed by atoms with E-state index in [-0.39, 0.29) is 0 Å².